The average molecular weight is 620 g/mol. The number of imide groups is 1. The molecule has 1 aromatic carbocycles. The van der Waals surface area contributed by atoms with Crippen LogP contribution in [0, 0.1) is 0 Å². The number of rotatable bonds is 6. The van der Waals surface area contributed by atoms with E-state index in [0.717, 1.165) is 16.7 Å². The van der Waals surface area contributed by atoms with Crippen LogP contribution in [0.3, 0.4) is 0 Å². The SMILES string of the molecule is COC(=O)c1cnc2cc(OCC3CCC(n4ccc5c(N(C(=O)OC(C)(C)C)C(=O)OC(C)(C)C)ncnc54)O3)ccc2c1. The van der Waals surface area contributed by atoms with E-state index >= 15 is 0 Å². The predicted octanol–water partition coefficient (Wildman–Crippen LogP) is 6.20. The molecule has 2 amide bonds. The first-order valence-corrected chi connectivity index (χ1v) is 14.6. The highest BCUT2D eigenvalue weighted by Crippen LogP contribution is 2.34. The maximum atomic E-state index is 13.2. The Bertz CT molecular complexity index is 1710. The number of pyridine rings is 1. The molecular weight excluding hydrogens is 582 g/mol. The van der Waals surface area contributed by atoms with Crippen molar-refractivity contribution in [3.8, 4) is 5.75 Å². The molecule has 0 saturated carbocycles. The lowest BCUT2D eigenvalue weighted by Crippen LogP contribution is -2.44. The van der Waals surface area contributed by atoms with Crippen molar-refractivity contribution >= 4 is 45.9 Å². The molecule has 5 rings (SSSR count). The number of ether oxygens (including phenoxy) is 5. The van der Waals surface area contributed by atoms with Gasteiger partial charge in [-0.2, -0.15) is 4.90 Å². The molecule has 1 saturated heterocycles. The number of hydrogen-bond donors (Lipinski definition) is 0. The van der Waals surface area contributed by atoms with Crippen molar-refractivity contribution in [2.24, 2.45) is 0 Å². The number of hydrogen-bond acceptors (Lipinski definition) is 11. The van der Waals surface area contributed by atoms with Crippen molar-refractivity contribution in [1.29, 1.82) is 0 Å². The number of fused-ring (bicyclic) bond motifs is 2. The van der Waals surface area contributed by atoms with Crippen LogP contribution in [-0.4, -0.2) is 68.7 Å². The summed E-state index contributed by atoms with van der Waals surface area (Å²) in [5.41, 5.74) is -0.174. The lowest BCUT2D eigenvalue weighted by Gasteiger charge is -2.28. The number of carbonyl (C=O) groups is 3. The zero-order valence-corrected chi connectivity index (χ0v) is 26.4. The van der Waals surface area contributed by atoms with Gasteiger partial charge in [0, 0.05) is 23.8 Å². The Morgan fingerprint density at radius 2 is 1.67 bits per heavy atom. The third-order valence-electron chi connectivity index (χ3n) is 6.76. The Morgan fingerprint density at radius 3 is 2.33 bits per heavy atom. The minimum atomic E-state index is -0.911. The van der Waals surface area contributed by atoms with Gasteiger partial charge in [-0.25, -0.2) is 24.4 Å². The fourth-order valence-electron chi connectivity index (χ4n) is 4.85. The molecule has 3 aromatic heterocycles. The lowest BCUT2D eigenvalue weighted by molar-refractivity contribution is -0.0156. The van der Waals surface area contributed by atoms with Crippen molar-refractivity contribution in [3.63, 3.8) is 0 Å². The Kier molecular flexibility index (Phi) is 8.66. The molecule has 0 bridgehead atoms. The second-order valence-corrected chi connectivity index (χ2v) is 12.6. The highest BCUT2D eigenvalue weighted by Gasteiger charge is 2.36. The first-order valence-electron chi connectivity index (χ1n) is 14.6. The average Bonchev–Trinajstić information content (AvgIpc) is 3.61. The van der Waals surface area contributed by atoms with Gasteiger partial charge in [-0.1, -0.05) is 0 Å². The van der Waals surface area contributed by atoms with Gasteiger partial charge in [0.15, 0.2) is 5.82 Å². The van der Waals surface area contributed by atoms with Gasteiger partial charge in [-0.15, -0.1) is 0 Å². The number of carbonyl (C=O) groups excluding carboxylic acids is 3. The number of aromatic nitrogens is 4. The summed E-state index contributed by atoms with van der Waals surface area (Å²) in [6, 6.07) is 8.91. The highest BCUT2D eigenvalue weighted by atomic mass is 16.6. The molecule has 0 aliphatic carbocycles. The van der Waals surface area contributed by atoms with E-state index in [0.29, 0.717) is 40.9 Å². The molecule has 4 heterocycles. The van der Waals surface area contributed by atoms with Gasteiger partial charge >= 0.3 is 18.2 Å². The van der Waals surface area contributed by atoms with E-state index in [9.17, 15) is 14.4 Å². The smallest absolute Gasteiger partial charge is 0.425 e. The Labute approximate surface area is 260 Å². The normalized spacial score (nSPS) is 16.9. The molecule has 0 radical (unpaired) electrons. The van der Waals surface area contributed by atoms with Crippen LogP contribution in [0.1, 0.15) is 71.0 Å². The van der Waals surface area contributed by atoms with Gasteiger partial charge in [-0.3, -0.25) is 4.98 Å². The number of methoxy groups -OCH3 is 1. The second kappa shape index (κ2) is 12.3. The van der Waals surface area contributed by atoms with Crippen LogP contribution >= 0.6 is 0 Å². The number of anilines is 1. The summed E-state index contributed by atoms with van der Waals surface area (Å²) in [7, 11) is 1.33. The summed E-state index contributed by atoms with van der Waals surface area (Å²) in [6.07, 6.45) is 3.60. The van der Waals surface area contributed by atoms with Gasteiger partial charge in [0.2, 0.25) is 0 Å². The minimum Gasteiger partial charge on any atom is -0.491 e. The monoisotopic (exact) mass is 619 g/mol. The van der Waals surface area contributed by atoms with E-state index in [1.807, 2.05) is 22.8 Å². The molecular formula is C32H37N5O8. The van der Waals surface area contributed by atoms with E-state index < -0.39 is 29.4 Å². The summed E-state index contributed by atoms with van der Waals surface area (Å²) >= 11 is 0. The molecule has 45 heavy (non-hydrogen) atoms. The Balaban J connectivity index is 1.31. The number of esters is 1. The molecule has 4 aromatic rings. The first kappa shape index (κ1) is 31.6. The van der Waals surface area contributed by atoms with Crippen LogP contribution in [-0.2, 0) is 18.9 Å². The summed E-state index contributed by atoms with van der Waals surface area (Å²) in [6.45, 7) is 10.6. The van der Waals surface area contributed by atoms with Gasteiger partial charge in [0.05, 0.1) is 29.7 Å². The maximum Gasteiger partial charge on any atom is 0.425 e. The van der Waals surface area contributed by atoms with Crippen LogP contribution in [0.5, 0.6) is 5.75 Å². The Hall–Kier alpha value is -4.78. The van der Waals surface area contributed by atoms with E-state index in [1.165, 1.54) is 19.6 Å². The van der Waals surface area contributed by atoms with Crippen molar-refractivity contribution in [1.82, 2.24) is 19.5 Å². The summed E-state index contributed by atoms with van der Waals surface area (Å²) in [5.74, 6) is 0.226. The summed E-state index contributed by atoms with van der Waals surface area (Å²) in [5, 5.41) is 1.25. The largest absolute Gasteiger partial charge is 0.491 e. The van der Waals surface area contributed by atoms with Crippen molar-refractivity contribution in [2.75, 3.05) is 18.6 Å². The van der Waals surface area contributed by atoms with Gasteiger partial charge in [-0.05, 0) is 78.6 Å². The van der Waals surface area contributed by atoms with Crippen LogP contribution in [0.15, 0.2) is 49.1 Å². The molecule has 13 nitrogen and oxygen atoms in total. The summed E-state index contributed by atoms with van der Waals surface area (Å²) in [4.78, 5) is 52.1. The fourth-order valence-corrected chi connectivity index (χ4v) is 4.85. The predicted molar refractivity (Wildman–Crippen MR) is 164 cm³/mol. The fraction of sp³-hybridized carbons (Fsp3) is 0.438. The lowest BCUT2D eigenvalue weighted by atomic mass is 10.1. The first-order chi connectivity index (χ1) is 21.2. The molecule has 2 unspecified atom stereocenters. The third kappa shape index (κ3) is 7.31. The molecule has 0 spiro atoms. The second-order valence-electron chi connectivity index (χ2n) is 12.6. The van der Waals surface area contributed by atoms with Gasteiger partial charge < -0.3 is 28.3 Å². The van der Waals surface area contributed by atoms with Crippen molar-refractivity contribution in [2.45, 2.75) is 77.9 Å². The highest BCUT2D eigenvalue weighted by molar-refractivity contribution is 6.13. The topological polar surface area (TPSA) is 144 Å². The minimum absolute atomic E-state index is 0.0451. The quantitative estimate of drug-likeness (QED) is 0.180. The maximum absolute atomic E-state index is 13.2. The van der Waals surface area contributed by atoms with Crippen molar-refractivity contribution in [3.05, 3.63) is 54.6 Å². The van der Waals surface area contributed by atoms with Crippen LogP contribution in [0.25, 0.3) is 21.9 Å². The molecule has 2 atom stereocenters. The molecule has 238 valence electrons. The van der Waals surface area contributed by atoms with E-state index in [-0.39, 0.29) is 18.1 Å². The van der Waals surface area contributed by atoms with Crippen LogP contribution < -0.4 is 9.64 Å². The molecule has 1 aliphatic heterocycles. The number of nitrogens with zero attached hydrogens (tertiary/aromatic N) is 5. The van der Waals surface area contributed by atoms with E-state index in [1.54, 1.807) is 59.9 Å². The standard InChI is InChI=1S/C32H37N5O8/c1-31(2,3)44-29(39)37(30(40)45-32(4,5)6)27-23-12-13-36(26(23)34-18-35-27)25-11-10-22(43-25)17-42-21-9-8-19-14-20(28(38)41-7)16-33-24(19)15-21/h8-9,12-16,18,22,25H,10-11,17H2,1-7H3. The van der Waals surface area contributed by atoms with Crippen molar-refractivity contribution < 1.29 is 38.1 Å². The molecule has 1 fully saturated rings. The number of benzene rings is 1. The van der Waals surface area contributed by atoms with Crippen LogP contribution in [0.2, 0.25) is 0 Å². The van der Waals surface area contributed by atoms with E-state index in [2.05, 4.69) is 15.0 Å². The Morgan fingerprint density at radius 1 is 0.956 bits per heavy atom. The number of amides is 2. The molecule has 0 N–H and O–H groups in total. The van der Waals surface area contributed by atoms with Crippen LogP contribution in [0.4, 0.5) is 15.4 Å². The van der Waals surface area contributed by atoms with Gasteiger partial charge in [0.1, 0.15) is 41.8 Å². The van der Waals surface area contributed by atoms with Gasteiger partial charge in [0.25, 0.3) is 0 Å². The zero-order chi connectivity index (χ0) is 32.5. The molecule has 1 aliphatic rings. The zero-order valence-electron chi connectivity index (χ0n) is 26.4. The third-order valence-corrected chi connectivity index (χ3v) is 6.76. The molecule has 13 heteroatoms. The summed E-state index contributed by atoms with van der Waals surface area (Å²) < 4.78 is 30.0. The van der Waals surface area contributed by atoms with E-state index in [4.69, 9.17) is 23.7 Å².